The van der Waals surface area contributed by atoms with E-state index in [2.05, 4.69) is 45.0 Å². The van der Waals surface area contributed by atoms with Crippen LogP contribution in [-0.4, -0.2) is 11.7 Å². The maximum atomic E-state index is 9.25. The average molecular weight is 204 g/mol. The zero-order valence-corrected chi connectivity index (χ0v) is 9.83. The van der Waals surface area contributed by atoms with Crippen molar-refractivity contribution >= 4 is 6.08 Å². The van der Waals surface area contributed by atoms with Crippen molar-refractivity contribution in [1.82, 2.24) is 0 Å². The zero-order chi connectivity index (χ0) is 11.3. The standard InChI is InChI=1S/C14H20O/c1-4-12-7-5-6-8-13(12)9-14(10-15)11(2)3/h5-9,11,15H,4,10H2,1-3H3. The normalized spacial score (nSPS) is 12.2. The molecule has 0 spiro atoms. The molecule has 1 N–H and O–H groups in total. The van der Waals surface area contributed by atoms with E-state index < -0.39 is 0 Å². The van der Waals surface area contributed by atoms with Crippen molar-refractivity contribution < 1.29 is 5.11 Å². The summed E-state index contributed by atoms with van der Waals surface area (Å²) in [6.07, 6.45) is 3.15. The van der Waals surface area contributed by atoms with Gasteiger partial charge in [-0.1, -0.05) is 51.1 Å². The molecule has 0 bridgehead atoms. The molecule has 1 aromatic carbocycles. The molecule has 15 heavy (non-hydrogen) atoms. The third-order valence-corrected chi connectivity index (χ3v) is 2.70. The van der Waals surface area contributed by atoms with Gasteiger partial charge in [-0.05, 0) is 29.0 Å². The van der Waals surface area contributed by atoms with Crippen LogP contribution in [0, 0.1) is 5.92 Å². The molecule has 0 saturated heterocycles. The second-order valence-electron chi connectivity index (χ2n) is 4.08. The largest absolute Gasteiger partial charge is 0.392 e. The lowest BCUT2D eigenvalue weighted by Crippen LogP contribution is -1.99. The zero-order valence-electron chi connectivity index (χ0n) is 9.83. The predicted molar refractivity (Wildman–Crippen MR) is 65.7 cm³/mol. The van der Waals surface area contributed by atoms with Crippen molar-refractivity contribution in [2.24, 2.45) is 5.92 Å². The molecule has 1 aromatic rings. The van der Waals surface area contributed by atoms with E-state index in [4.69, 9.17) is 0 Å². The lowest BCUT2D eigenvalue weighted by Gasteiger charge is -2.10. The van der Waals surface area contributed by atoms with Crippen molar-refractivity contribution in [3.63, 3.8) is 0 Å². The van der Waals surface area contributed by atoms with E-state index in [9.17, 15) is 5.11 Å². The average Bonchev–Trinajstić information content (AvgIpc) is 2.25. The highest BCUT2D eigenvalue weighted by Gasteiger charge is 2.03. The van der Waals surface area contributed by atoms with Gasteiger partial charge in [-0.3, -0.25) is 0 Å². The van der Waals surface area contributed by atoms with Crippen LogP contribution >= 0.6 is 0 Å². The summed E-state index contributed by atoms with van der Waals surface area (Å²) in [7, 11) is 0. The Morgan fingerprint density at radius 3 is 2.53 bits per heavy atom. The first-order valence-corrected chi connectivity index (χ1v) is 5.58. The van der Waals surface area contributed by atoms with Crippen LogP contribution in [0.1, 0.15) is 31.9 Å². The SMILES string of the molecule is CCc1ccccc1C=C(CO)C(C)C. The number of benzene rings is 1. The quantitative estimate of drug-likeness (QED) is 0.798. The van der Waals surface area contributed by atoms with E-state index in [1.54, 1.807) is 0 Å². The van der Waals surface area contributed by atoms with Crippen molar-refractivity contribution in [2.75, 3.05) is 6.61 Å². The minimum absolute atomic E-state index is 0.149. The topological polar surface area (TPSA) is 20.2 Å². The molecule has 0 radical (unpaired) electrons. The van der Waals surface area contributed by atoms with Gasteiger partial charge >= 0.3 is 0 Å². The molecular weight excluding hydrogens is 184 g/mol. The first-order valence-electron chi connectivity index (χ1n) is 5.58. The molecule has 1 rings (SSSR count). The Balaban J connectivity index is 3.05. The molecule has 1 nitrogen and oxygen atoms in total. The molecule has 0 amide bonds. The van der Waals surface area contributed by atoms with Gasteiger partial charge in [0.15, 0.2) is 0 Å². The van der Waals surface area contributed by atoms with Gasteiger partial charge in [-0.2, -0.15) is 0 Å². The van der Waals surface area contributed by atoms with Crippen LogP contribution < -0.4 is 0 Å². The number of aryl methyl sites for hydroxylation is 1. The van der Waals surface area contributed by atoms with Crippen molar-refractivity contribution in [3.05, 3.63) is 41.0 Å². The maximum absolute atomic E-state index is 9.25. The summed E-state index contributed by atoms with van der Waals surface area (Å²) >= 11 is 0. The molecule has 0 saturated carbocycles. The van der Waals surface area contributed by atoms with Gasteiger partial charge in [0.2, 0.25) is 0 Å². The Morgan fingerprint density at radius 1 is 1.33 bits per heavy atom. The van der Waals surface area contributed by atoms with Gasteiger partial charge in [0.05, 0.1) is 6.61 Å². The van der Waals surface area contributed by atoms with Crippen molar-refractivity contribution in [1.29, 1.82) is 0 Å². The summed E-state index contributed by atoms with van der Waals surface area (Å²) in [5, 5.41) is 9.25. The second kappa shape index (κ2) is 5.72. The van der Waals surface area contributed by atoms with Gasteiger partial charge < -0.3 is 5.11 Å². The van der Waals surface area contributed by atoms with Crippen LogP contribution in [0.3, 0.4) is 0 Å². The third-order valence-electron chi connectivity index (χ3n) is 2.70. The molecule has 0 aliphatic heterocycles. The Kier molecular flexibility index (Phi) is 4.57. The maximum Gasteiger partial charge on any atom is 0.0647 e. The molecule has 0 aliphatic carbocycles. The molecule has 82 valence electrons. The highest BCUT2D eigenvalue weighted by Crippen LogP contribution is 2.17. The van der Waals surface area contributed by atoms with Crippen LogP contribution in [0.25, 0.3) is 6.08 Å². The van der Waals surface area contributed by atoms with Gasteiger partial charge in [-0.25, -0.2) is 0 Å². The Hall–Kier alpha value is -1.08. The fraction of sp³-hybridized carbons (Fsp3) is 0.429. The van der Waals surface area contributed by atoms with Gasteiger partial charge in [0, 0.05) is 0 Å². The molecule has 0 aromatic heterocycles. The molecular formula is C14H20O. The molecule has 1 heteroatoms. The van der Waals surface area contributed by atoms with Crippen molar-refractivity contribution in [3.8, 4) is 0 Å². The van der Waals surface area contributed by atoms with E-state index in [0.717, 1.165) is 12.0 Å². The van der Waals surface area contributed by atoms with Gasteiger partial charge in [0.25, 0.3) is 0 Å². The lowest BCUT2D eigenvalue weighted by atomic mass is 9.98. The first-order chi connectivity index (χ1) is 7.19. The Morgan fingerprint density at radius 2 is 2.00 bits per heavy atom. The van der Waals surface area contributed by atoms with Crippen molar-refractivity contribution in [2.45, 2.75) is 27.2 Å². The summed E-state index contributed by atoms with van der Waals surface area (Å²) < 4.78 is 0. The highest BCUT2D eigenvalue weighted by atomic mass is 16.3. The molecule has 0 fully saturated rings. The predicted octanol–water partition coefficient (Wildman–Crippen LogP) is 3.28. The summed E-state index contributed by atoms with van der Waals surface area (Å²) in [5.41, 5.74) is 3.66. The van der Waals surface area contributed by atoms with E-state index in [0.29, 0.717) is 5.92 Å². The molecule has 0 unspecified atom stereocenters. The monoisotopic (exact) mass is 204 g/mol. The van der Waals surface area contributed by atoms with Gasteiger partial charge in [0.1, 0.15) is 0 Å². The lowest BCUT2D eigenvalue weighted by molar-refractivity contribution is 0.320. The number of hydrogen-bond acceptors (Lipinski definition) is 1. The highest BCUT2D eigenvalue weighted by molar-refractivity contribution is 5.57. The smallest absolute Gasteiger partial charge is 0.0647 e. The minimum Gasteiger partial charge on any atom is -0.392 e. The van der Waals surface area contributed by atoms with E-state index >= 15 is 0 Å². The number of rotatable bonds is 4. The fourth-order valence-electron chi connectivity index (χ4n) is 1.59. The minimum atomic E-state index is 0.149. The summed E-state index contributed by atoms with van der Waals surface area (Å²) in [6, 6.07) is 8.35. The van der Waals surface area contributed by atoms with Crippen LogP contribution in [-0.2, 0) is 6.42 Å². The number of aliphatic hydroxyl groups excluding tert-OH is 1. The van der Waals surface area contributed by atoms with Crippen LogP contribution in [0.5, 0.6) is 0 Å². The summed E-state index contributed by atoms with van der Waals surface area (Å²) in [4.78, 5) is 0. The summed E-state index contributed by atoms with van der Waals surface area (Å²) in [5.74, 6) is 0.403. The van der Waals surface area contributed by atoms with Crippen LogP contribution in [0.4, 0.5) is 0 Å². The first kappa shape index (κ1) is 12.0. The molecule has 0 atom stereocenters. The number of aliphatic hydroxyl groups is 1. The Bertz CT molecular complexity index is 337. The van der Waals surface area contributed by atoms with Crippen LogP contribution in [0.2, 0.25) is 0 Å². The fourth-order valence-corrected chi connectivity index (χ4v) is 1.59. The summed E-state index contributed by atoms with van der Waals surface area (Å²) in [6.45, 7) is 6.52. The third kappa shape index (κ3) is 3.21. The molecule has 0 aliphatic rings. The second-order valence-corrected chi connectivity index (χ2v) is 4.08. The Labute approximate surface area is 92.5 Å². The number of hydrogen-bond donors (Lipinski definition) is 1. The molecule has 0 heterocycles. The van der Waals surface area contributed by atoms with E-state index in [1.807, 2.05) is 6.07 Å². The van der Waals surface area contributed by atoms with E-state index in [-0.39, 0.29) is 6.61 Å². The van der Waals surface area contributed by atoms with Crippen LogP contribution in [0.15, 0.2) is 29.8 Å². The van der Waals surface area contributed by atoms with Gasteiger partial charge in [-0.15, -0.1) is 0 Å². The van der Waals surface area contributed by atoms with E-state index in [1.165, 1.54) is 11.1 Å².